The summed E-state index contributed by atoms with van der Waals surface area (Å²) in [4.78, 5) is 32.1. The van der Waals surface area contributed by atoms with Crippen molar-refractivity contribution in [3.63, 3.8) is 0 Å². The zero-order valence-corrected chi connectivity index (χ0v) is 20.7. The number of anilines is 1. The molecule has 35 heavy (non-hydrogen) atoms. The van der Waals surface area contributed by atoms with Crippen molar-refractivity contribution in [1.29, 1.82) is 0 Å². The number of hydrogen-bond acceptors (Lipinski definition) is 7. The third-order valence-electron chi connectivity index (χ3n) is 6.22. The molecule has 2 aliphatic rings. The minimum absolute atomic E-state index is 0.0995. The van der Waals surface area contributed by atoms with E-state index in [0.717, 1.165) is 30.9 Å². The summed E-state index contributed by atoms with van der Waals surface area (Å²) in [5.74, 6) is 2.69. The van der Waals surface area contributed by atoms with Crippen molar-refractivity contribution in [2.45, 2.75) is 33.6 Å². The van der Waals surface area contributed by atoms with Gasteiger partial charge in [0, 0.05) is 39.2 Å². The minimum atomic E-state index is -0.256. The van der Waals surface area contributed by atoms with Crippen LogP contribution in [0.25, 0.3) is 5.65 Å². The standard InChI is InChI=1S/C24H26N6O3.C2H6/c1-16(31)11-18-5-4-6-19(12-18)33-22-8-7-21-26-20(13-30(21)27-22)25-17(2)29-10-9-24(15-29)14-28(3)23(24)32;1-2/h4-8,12-13,25H,2,9-11,14-15H2,1,3H3;1-2H3. The number of benzene rings is 1. The molecule has 1 N–H and O–H groups in total. The molecule has 1 amide bonds. The number of hydrogen-bond donors (Lipinski definition) is 1. The molecule has 1 aromatic carbocycles. The molecule has 0 aliphatic carbocycles. The fraction of sp³-hybridized carbons (Fsp3) is 0.385. The van der Waals surface area contributed by atoms with Gasteiger partial charge >= 0.3 is 0 Å². The van der Waals surface area contributed by atoms with Crippen molar-refractivity contribution in [2.24, 2.45) is 5.41 Å². The Hall–Kier alpha value is -3.88. The summed E-state index contributed by atoms with van der Waals surface area (Å²) in [6.07, 6.45) is 2.98. The van der Waals surface area contributed by atoms with Crippen LogP contribution in [-0.4, -0.2) is 62.8 Å². The Kier molecular flexibility index (Phi) is 6.77. The van der Waals surface area contributed by atoms with Crippen LogP contribution in [0.3, 0.4) is 0 Å². The van der Waals surface area contributed by atoms with E-state index in [4.69, 9.17) is 4.74 Å². The highest BCUT2D eigenvalue weighted by molar-refractivity contribution is 5.89. The number of Topliss-reactive ketones (excluding diaryl/α,β-unsaturated/α-hetero) is 1. The van der Waals surface area contributed by atoms with Gasteiger partial charge in [-0.05, 0) is 37.1 Å². The highest BCUT2D eigenvalue weighted by Gasteiger charge is 2.54. The van der Waals surface area contributed by atoms with Gasteiger partial charge in [0.2, 0.25) is 11.8 Å². The molecule has 0 radical (unpaired) electrons. The first-order chi connectivity index (χ1) is 16.8. The largest absolute Gasteiger partial charge is 0.438 e. The molecule has 0 bridgehead atoms. The van der Waals surface area contributed by atoms with Crippen LogP contribution in [0.1, 0.15) is 32.8 Å². The van der Waals surface area contributed by atoms with E-state index in [1.54, 1.807) is 28.6 Å². The molecular formula is C26H32N6O3. The molecule has 184 valence electrons. The number of β-lactam (4-membered cyclic amide) rings is 1. The second-order valence-electron chi connectivity index (χ2n) is 8.91. The lowest BCUT2D eigenvalue weighted by molar-refractivity contribution is -0.156. The first kappa shape index (κ1) is 24.3. The van der Waals surface area contributed by atoms with E-state index in [9.17, 15) is 9.59 Å². The van der Waals surface area contributed by atoms with Crippen LogP contribution < -0.4 is 10.1 Å². The van der Waals surface area contributed by atoms with Crippen molar-refractivity contribution < 1.29 is 14.3 Å². The maximum absolute atomic E-state index is 12.3. The molecule has 1 atom stereocenters. The summed E-state index contributed by atoms with van der Waals surface area (Å²) in [5, 5.41) is 7.72. The van der Waals surface area contributed by atoms with Crippen molar-refractivity contribution in [3.8, 4) is 11.6 Å². The van der Waals surface area contributed by atoms with Gasteiger partial charge in [-0.25, -0.2) is 9.50 Å². The predicted octanol–water partition coefficient (Wildman–Crippen LogP) is 3.73. The fourth-order valence-electron chi connectivity index (χ4n) is 4.65. The van der Waals surface area contributed by atoms with Crippen molar-refractivity contribution in [1.82, 2.24) is 24.4 Å². The molecule has 2 aromatic heterocycles. The Labute approximate surface area is 205 Å². The van der Waals surface area contributed by atoms with Crippen LogP contribution >= 0.6 is 0 Å². The molecule has 2 fully saturated rings. The van der Waals surface area contributed by atoms with E-state index in [1.165, 1.54) is 0 Å². The number of ether oxygens (including phenoxy) is 1. The van der Waals surface area contributed by atoms with Gasteiger partial charge in [-0.2, -0.15) is 0 Å². The van der Waals surface area contributed by atoms with E-state index in [2.05, 4.69) is 26.9 Å². The van der Waals surface area contributed by atoms with Crippen molar-refractivity contribution in [3.05, 3.63) is 60.6 Å². The molecule has 2 aliphatic heterocycles. The average molecular weight is 477 g/mol. The molecule has 0 saturated carbocycles. The quantitative estimate of drug-likeness (QED) is 0.520. The van der Waals surface area contributed by atoms with Gasteiger partial charge in [0.25, 0.3) is 0 Å². The molecular weight excluding hydrogens is 444 g/mol. The van der Waals surface area contributed by atoms with Crippen LogP contribution in [0.2, 0.25) is 0 Å². The number of likely N-dealkylation sites (tertiary alicyclic amines) is 2. The SMILES string of the molecule is C=C(Nc1cn2nc(Oc3cccc(CC(C)=O)c3)ccc2n1)N1CCC2(CN(C)C2=O)C1.CC. The van der Waals surface area contributed by atoms with Crippen LogP contribution in [0.5, 0.6) is 11.6 Å². The monoisotopic (exact) mass is 476 g/mol. The maximum atomic E-state index is 12.3. The maximum Gasteiger partial charge on any atom is 0.237 e. The van der Waals surface area contributed by atoms with Gasteiger partial charge in [-0.3, -0.25) is 9.59 Å². The minimum Gasteiger partial charge on any atom is -0.438 e. The second kappa shape index (κ2) is 9.77. The van der Waals surface area contributed by atoms with Gasteiger partial charge in [-0.1, -0.05) is 32.6 Å². The van der Waals surface area contributed by atoms with Gasteiger partial charge in [0.05, 0.1) is 17.4 Å². The van der Waals surface area contributed by atoms with Gasteiger partial charge < -0.3 is 19.9 Å². The zero-order chi connectivity index (χ0) is 25.2. The number of carbonyl (C=O) groups excluding carboxylic acids is 2. The Morgan fingerprint density at radius 1 is 1.23 bits per heavy atom. The van der Waals surface area contributed by atoms with Crippen LogP contribution in [0.15, 0.2) is 55.0 Å². The number of nitrogens with one attached hydrogen (secondary N) is 1. The van der Waals surface area contributed by atoms with Crippen molar-refractivity contribution in [2.75, 3.05) is 32.0 Å². The molecule has 5 rings (SSSR count). The molecule has 1 unspecified atom stereocenters. The van der Waals surface area contributed by atoms with Gasteiger partial charge in [-0.15, -0.1) is 5.10 Å². The average Bonchev–Trinajstić information content (AvgIpc) is 3.45. The van der Waals surface area contributed by atoms with E-state index in [0.29, 0.717) is 36.1 Å². The Morgan fingerprint density at radius 3 is 2.74 bits per heavy atom. The lowest BCUT2D eigenvalue weighted by Crippen LogP contribution is -2.60. The lowest BCUT2D eigenvalue weighted by atomic mass is 9.78. The van der Waals surface area contributed by atoms with Gasteiger partial charge in [0.15, 0.2) is 11.5 Å². The summed E-state index contributed by atoms with van der Waals surface area (Å²) in [6, 6.07) is 11.0. The normalized spacial score (nSPS) is 18.8. The summed E-state index contributed by atoms with van der Waals surface area (Å²) in [7, 11) is 1.84. The van der Waals surface area contributed by atoms with E-state index in [-0.39, 0.29) is 17.1 Å². The second-order valence-corrected chi connectivity index (χ2v) is 8.91. The smallest absolute Gasteiger partial charge is 0.237 e. The fourth-order valence-corrected chi connectivity index (χ4v) is 4.65. The van der Waals surface area contributed by atoms with Crippen molar-refractivity contribution >= 4 is 23.2 Å². The molecule has 3 aromatic rings. The predicted molar refractivity (Wildman–Crippen MR) is 134 cm³/mol. The summed E-state index contributed by atoms with van der Waals surface area (Å²) < 4.78 is 7.53. The number of nitrogens with zero attached hydrogens (tertiary/aromatic N) is 5. The molecule has 1 spiro atoms. The Balaban J connectivity index is 0.00000141. The Bertz CT molecular complexity index is 1270. The summed E-state index contributed by atoms with van der Waals surface area (Å²) in [5.41, 5.74) is 1.30. The van der Waals surface area contributed by atoms with Crippen LogP contribution in [0.4, 0.5) is 5.82 Å². The first-order valence-corrected chi connectivity index (χ1v) is 11.9. The zero-order valence-electron chi connectivity index (χ0n) is 20.7. The number of ketones is 1. The number of carbonyl (C=O) groups is 2. The summed E-state index contributed by atoms with van der Waals surface area (Å²) in [6.45, 7) is 12.0. The summed E-state index contributed by atoms with van der Waals surface area (Å²) >= 11 is 0. The Morgan fingerprint density at radius 2 is 2.03 bits per heavy atom. The van der Waals surface area contributed by atoms with Crippen LogP contribution in [0, 0.1) is 5.41 Å². The number of fused-ring (bicyclic) bond motifs is 1. The highest BCUT2D eigenvalue weighted by atomic mass is 16.5. The highest BCUT2D eigenvalue weighted by Crippen LogP contribution is 2.41. The number of amides is 1. The number of imidazole rings is 1. The lowest BCUT2D eigenvalue weighted by Gasteiger charge is -2.44. The number of rotatable bonds is 7. The third kappa shape index (κ3) is 4.99. The van der Waals surface area contributed by atoms with E-state index >= 15 is 0 Å². The first-order valence-electron chi connectivity index (χ1n) is 11.9. The van der Waals surface area contributed by atoms with Crippen LogP contribution in [-0.2, 0) is 16.0 Å². The topological polar surface area (TPSA) is 92.1 Å². The molecule has 9 heteroatoms. The molecule has 4 heterocycles. The third-order valence-corrected chi connectivity index (χ3v) is 6.22. The molecule has 2 saturated heterocycles. The number of aromatic nitrogens is 3. The molecule has 9 nitrogen and oxygen atoms in total. The van der Waals surface area contributed by atoms with E-state index in [1.807, 2.05) is 51.2 Å². The van der Waals surface area contributed by atoms with E-state index < -0.39 is 0 Å². The van der Waals surface area contributed by atoms with Gasteiger partial charge in [0.1, 0.15) is 11.5 Å².